The van der Waals surface area contributed by atoms with Crippen LogP contribution in [0, 0.1) is 0 Å². The lowest BCUT2D eigenvalue weighted by Crippen LogP contribution is -2.17. The lowest BCUT2D eigenvalue weighted by atomic mass is 10.1. The van der Waals surface area contributed by atoms with Gasteiger partial charge in [-0.25, -0.2) is 0 Å². The van der Waals surface area contributed by atoms with E-state index in [1.165, 1.54) is 36.6 Å². The van der Waals surface area contributed by atoms with Gasteiger partial charge in [-0.05, 0) is 29.8 Å². The van der Waals surface area contributed by atoms with E-state index in [1.807, 2.05) is 13.8 Å². The Kier molecular flexibility index (Phi) is 5.36. The summed E-state index contributed by atoms with van der Waals surface area (Å²) in [4.78, 5) is 12.4. The summed E-state index contributed by atoms with van der Waals surface area (Å²) in [5.41, 5.74) is 0.455. The van der Waals surface area contributed by atoms with E-state index in [1.54, 1.807) is 0 Å². The van der Waals surface area contributed by atoms with Crippen LogP contribution in [0.25, 0.3) is 22.1 Å². The van der Waals surface area contributed by atoms with Gasteiger partial charge in [-0.3, -0.25) is 4.79 Å². The van der Waals surface area contributed by atoms with Crippen LogP contribution in [0.1, 0.15) is 13.8 Å². The van der Waals surface area contributed by atoms with Gasteiger partial charge in [0, 0.05) is 6.07 Å². The molecule has 0 radical (unpaired) electrons. The van der Waals surface area contributed by atoms with Crippen molar-refractivity contribution >= 4 is 11.0 Å². The number of alkyl halides is 3. The van der Waals surface area contributed by atoms with Crippen LogP contribution < -0.4 is 10.2 Å². The van der Waals surface area contributed by atoms with Gasteiger partial charge in [0.1, 0.15) is 23.3 Å². The van der Waals surface area contributed by atoms with Gasteiger partial charge in [0.15, 0.2) is 5.43 Å². The molecule has 0 aliphatic heterocycles. The van der Waals surface area contributed by atoms with Crippen molar-refractivity contribution in [1.29, 1.82) is 0 Å². The topological polar surface area (TPSA) is 59.7 Å². The van der Waals surface area contributed by atoms with Crippen LogP contribution in [0.2, 0.25) is 0 Å². The first-order valence-corrected chi connectivity index (χ1v) is 7.44. The van der Waals surface area contributed by atoms with Crippen molar-refractivity contribution in [2.24, 2.45) is 0 Å². The number of phenols is 1. The molecule has 4 nitrogen and oxygen atoms in total. The van der Waals surface area contributed by atoms with E-state index < -0.39 is 6.36 Å². The zero-order valence-corrected chi connectivity index (χ0v) is 13.4. The molecule has 0 spiro atoms. The van der Waals surface area contributed by atoms with Gasteiger partial charge in [0.05, 0.1) is 10.9 Å². The zero-order chi connectivity index (χ0) is 18.6. The number of benzene rings is 2. The molecule has 0 atom stereocenters. The molecule has 132 valence electrons. The first-order valence-electron chi connectivity index (χ1n) is 7.44. The van der Waals surface area contributed by atoms with Crippen molar-refractivity contribution in [2.75, 3.05) is 0 Å². The van der Waals surface area contributed by atoms with E-state index in [9.17, 15) is 23.1 Å². The van der Waals surface area contributed by atoms with Crippen LogP contribution in [-0.2, 0) is 0 Å². The van der Waals surface area contributed by atoms with Gasteiger partial charge >= 0.3 is 6.36 Å². The van der Waals surface area contributed by atoms with Crippen molar-refractivity contribution < 1.29 is 27.4 Å². The highest BCUT2D eigenvalue weighted by Crippen LogP contribution is 2.26. The average Bonchev–Trinajstić information content (AvgIpc) is 2.56. The molecule has 0 amide bonds. The zero-order valence-electron chi connectivity index (χ0n) is 13.4. The maximum absolute atomic E-state index is 12.4. The molecule has 7 heteroatoms. The average molecular weight is 352 g/mol. The van der Waals surface area contributed by atoms with Crippen molar-refractivity contribution in [3.8, 4) is 22.6 Å². The monoisotopic (exact) mass is 352 g/mol. The SMILES string of the molecule is CC.O=c1c(-c2ccc(OC(F)(F)F)cc2)coc2cc(O)ccc12. The van der Waals surface area contributed by atoms with Gasteiger partial charge in [0.25, 0.3) is 0 Å². The Labute approximate surface area is 141 Å². The molecule has 3 rings (SSSR count). The Morgan fingerprint density at radius 3 is 2.28 bits per heavy atom. The molecule has 1 aromatic heterocycles. The highest BCUT2D eigenvalue weighted by atomic mass is 19.4. The number of phenolic OH excluding ortho intramolecular Hbond substituents is 1. The minimum Gasteiger partial charge on any atom is -0.508 e. The maximum atomic E-state index is 12.4. The maximum Gasteiger partial charge on any atom is 0.573 e. The third-order valence-electron chi connectivity index (χ3n) is 3.16. The van der Waals surface area contributed by atoms with Crippen molar-refractivity contribution in [3.63, 3.8) is 0 Å². The smallest absolute Gasteiger partial charge is 0.508 e. The van der Waals surface area contributed by atoms with E-state index in [0.717, 1.165) is 12.1 Å². The minimum atomic E-state index is -4.77. The lowest BCUT2D eigenvalue weighted by Gasteiger charge is -2.09. The summed E-state index contributed by atoms with van der Waals surface area (Å²) in [6.07, 6.45) is -3.57. The normalized spacial score (nSPS) is 10.9. The van der Waals surface area contributed by atoms with Gasteiger partial charge in [-0.2, -0.15) is 0 Å². The number of ether oxygens (including phenoxy) is 1. The standard InChI is InChI=1S/C16H9F3O4.C2H6/c17-16(18,19)23-11-4-1-9(2-5-11)13-8-22-14-7-10(20)3-6-12(14)15(13)21;1-2/h1-8,20H;1-2H3. The summed E-state index contributed by atoms with van der Waals surface area (Å²) >= 11 is 0. The van der Waals surface area contributed by atoms with Crippen LogP contribution in [0.15, 0.2) is 57.9 Å². The fourth-order valence-electron chi connectivity index (χ4n) is 2.15. The second-order valence-corrected chi connectivity index (χ2v) is 4.73. The third kappa shape index (κ3) is 4.32. The summed E-state index contributed by atoms with van der Waals surface area (Å²) in [6.45, 7) is 4.00. The molecule has 25 heavy (non-hydrogen) atoms. The van der Waals surface area contributed by atoms with Gasteiger partial charge in [0.2, 0.25) is 0 Å². The van der Waals surface area contributed by atoms with Gasteiger partial charge < -0.3 is 14.3 Å². The number of hydrogen-bond donors (Lipinski definition) is 1. The predicted molar refractivity (Wildman–Crippen MR) is 87.6 cm³/mol. The Morgan fingerprint density at radius 2 is 1.68 bits per heavy atom. The summed E-state index contributed by atoms with van der Waals surface area (Å²) in [7, 11) is 0. The summed E-state index contributed by atoms with van der Waals surface area (Å²) in [6, 6.07) is 8.97. The molecule has 0 saturated heterocycles. The van der Waals surface area contributed by atoms with E-state index in [0.29, 0.717) is 5.56 Å². The third-order valence-corrected chi connectivity index (χ3v) is 3.16. The summed E-state index contributed by atoms with van der Waals surface area (Å²) < 4.78 is 45.5. The Morgan fingerprint density at radius 1 is 1.04 bits per heavy atom. The second-order valence-electron chi connectivity index (χ2n) is 4.73. The van der Waals surface area contributed by atoms with Gasteiger partial charge in [-0.15, -0.1) is 13.2 Å². The van der Waals surface area contributed by atoms with Crippen molar-refractivity contribution in [3.05, 3.63) is 59.0 Å². The Hall–Kier alpha value is -2.96. The first kappa shape index (κ1) is 18.4. The van der Waals surface area contributed by atoms with Gasteiger partial charge in [-0.1, -0.05) is 26.0 Å². The molecule has 0 aliphatic rings. The van der Waals surface area contributed by atoms with Crippen LogP contribution in [0.3, 0.4) is 0 Å². The Bertz CT molecular complexity index is 912. The summed E-state index contributed by atoms with van der Waals surface area (Å²) in [5.74, 6) is -0.418. The molecule has 0 unspecified atom stereocenters. The number of fused-ring (bicyclic) bond motifs is 1. The minimum absolute atomic E-state index is 0.0398. The predicted octanol–water partition coefficient (Wildman–Crippen LogP) is 5.09. The lowest BCUT2D eigenvalue weighted by molar-refractivity contribution is -0.274. The second kappa shape index (κ2) is 7.29. The van der Waals surface area contributed by atoms with E-state index in [2.05, 4.69) is 4.74 Å². The molecule has 1 N–H and O–H groups in total. The van der Waals surface area contributed by atoms with Crippen molar-refractivity contribution in [2.45, 2.75) is 20.2 Å². The molecule has 0 bridgehead atoms. The number of rotatable bonds is 2. The fraction of sp³-hybridized carbons (Fsp3) is 0.167. The first-order chi connectivity index (χ1) is 11.8. The molecule has 1 heterocycles. The molecule has 2 aromatic carbocycles. The highest BCUT2D eigenvalue weighted by Gasteiger charge is 2.31. The van der Waals surface area contributed by atoms with E-state index in [4.69, 9.17) is 4.42 Å². The summed E-state index contributed by atoms with van der Waals surface area (Å²) in [5, 5.41) is 9.62. The number of halogens is 3. The number of aromatic hydroxyl groups is 1. The molecule has 0 saturated carbocycles. The van der Waals surface area contributed by atoms with Crippen LogP contribution >= 0.6 is 0 Å². The van der Waals surface area contributed by atoms with Crippen molar-refractivity contribution in [1.82, 2.24) is 0 Å². The van der Waals surface area contributed by atoms with Crippen LogP contribution in [-0.4, -0.2) is 11.5 Å². The molecule has 0 aliphatic carbocycles. The van der Waals surface area contributed by atoms with Crippen LogP contribution in [0.4, 0.5) is 13.2 Å². The molecular weight excluding hydrogens is 337 g/mol. The number of hydrogen-bond acceptors (Lipinski definition) is 4. The quantitative estimate of drug-likeness (QED) is 0.698. The molecule has 3 aromatic rings. The molecular formula is C18H15F3O4. The highest BCUT2D eigenvalue weighted by molar-refractivity contribution is 5.82. The fourth-order valence-corrected chi connectivity index (χ4v) is 2.15. The molecule has 0 fully saturated rings. The van der Waals surface area contributed by atoms with E-state index >= 15 is 0 Å². The van der Waals surface area contributed by atoms with Crippen LogP contribution in [0.5, 0.6) is 11.5 Å². The Balaban J connectivity index is 0.00000109. The largest absolute Gasteiger partial charge is 0.573 e. The van der Waals surface area contributed by atoms with E-state index in [-0.39, 0.29) is 33.5 Å².